The van der Waals surface area contributed by atoms with Crippen LogP contribution >= 0.6 is 0 Å². The molecule has 0 fully saturated rings. The second-order valence-electron chi connectivity index (χ2n) is 8.67. The summed E-state index contributed by atoms with van der Waals surface area (Å²) in [4.78, 5) is 24.4. The van der Waals surface area contributed by atoms with Gasteiger partial charge in [-0.1, -0.05) is 12.1 Å². The Kier molecular flexibility index (Phi) is 7.05. The number of carbonyl (C=O) groups is 2. The second kappa shape index (κ2) is 10.2. The highest BCUT2D eigenvalue weighted by atomic mass is 19.1. The fraction of sp³-hybridized carbons (Fsp3) is 0.286. The Balaban J connectivity index is 1.46. The lowest BCUT2D eigenvalue weighted by molar-refractivity contribution is -0.120. The first-order valence-corrected chi connectivity index (χ1v) is 11.4. The Morgan fingerprint density at radius 3 is 2.51 bits per heavy atom. The number of benzene rings is 3. The largest absolute Gasteiger partial charge is 0.493 e. The highest BCUT2D eigenvalue weighted by Gasteiger charge is 2.28. The van der Waals surface area contributed by atoms with Gasteiger partial charge in [0.2, 0.25) is 5.91 Å². The first kappa shape index (κ1) is 24.3. The molecular formula is C28H28FNO5. The summed E-state index contributed by atoms with van der Waals surface area (Å²) in [5.41, 5.74) is 4.10. The van der Waals surface area contributed by atoms with Crippen molar-refractivity contribution in [1.29, 1.82) is 0 Å². The van der Waals surface area contributed by atoms with E-state index < -0.39 is 5.82 Å². The number of ketones is 1. The van der Waals surface area contributed by atoms with Gasteiger partial charge in [0.25, 0.3) is 0 Å². The van der Waals surface area contributed by atoms with E-state index in [2.05, 4.69) is 5.32 Å². The maximum Gasteiger partial charge on any atom is 0.224 e. The van der Waals surface area contributed by atoms with Gasteiger partial charge in [-0.3, -0.25) is 9.59 Å². The summed E-state index contributed by atoms with van der Waals surface area (Å²) >= 11 is 0. The van der Waals surface area contributed by atoms with Gasteiger partial charge in [0.15, 0.2) is 17.3 Å². The van der Waals surface area contributed by atoms with E-state index in [-0.39, 0.29) is 24.2 Å². The Labute approximate surface area is 204 Å². The normalized spacial score (nSPS) is 14.1. The number of carbonyl (C=O) groups excluding carboxylic acids is 2. The molecule has 35 heavy (non-hydrogen) atoms. The predicted octanol–water partition coefficient (Wildman–Crippen LogP) is 4.68. The molecule has 0 aromatic heterocycles. The minimum Gasteiger partial charge on any atom is -0.493 e. The van der Waals surface area contributed by atoms with Crippen molar-refractivity contribution in [2.45, 2.75) is 32.8 Å². The number of halogens is 1. The molecule has 3 aromatic rings. The van der Waals surface area contributed by atoms with Crippen LogP contribution in [0.2, 0.25) is 0 Å². The number of hydrogen-bond donors (Lipinski definition) is 1. The van der Waals surface area contributed by atoms with Crippen LogP contribution in [0.3, 0.4) is 0 Å². The third-order valence-corrected chi connectivity index (χ3v) is 6.04. The van der Waals surface area contributed by atoms with Crippen molar-refractivity contribution in [2.24, 2.45) is 0 Å². The third kappa shape index (κ3) is 5.29. The molecule has 0 aliphatic carbocycles. The van der Waals surface area contributed by atoms with Crippen LogP contribution in [0.1, 0.15) is 34.0 Å². The van der Waals surface area contributed by atoms with E-state index in [9.17, 15) is 14.0 Å². The number of rotatable bonds is 8. The van der Waals surface area contributed by atoms with Crippen molar-refractivity contribution < 1.29 is 28.2 Å². The van der Waals surface area contributed by atoms with E-state index in [0.717, 1.165) is 16.7 Å². The molecule has 0 saturated heterocycles. The van der Waals surface area contributed by atoms with Gasteiger partial charge in [-0.05, 0) is 66.9 Å². The Morgan fingerprint density at radius 1 is 1.03 bits per heavy atom. The molecule has 6 nitrogen and oxygen atoms in total. The van der Waals surface area contributed by atoms with Crippen molar-refractivity contribution >= 4 is 11.7 Å². The fourth-order valence-corrected chi connectivity index (χ4v) is 4.32. The van der Waals surface area contributed by atoms with Gasteiger partial charge in [0.05, 0.1) is 27.2 Å². The zero-order valence-electron chi connectivity index (χ0n) is 20.2. The molecule has 1 heterocycles. The number of nitrogens with one attached hydrogen (secondary N) is 1. The van der Waals surface area contributed by atoms with Gasteiger partial charge in [-0.15, -0.1) is 0 Å². The van der Waals surface area contributed by atoms with Crippen LogP contribution in [0.5, 0.6) is 17.2 Å². The summed E-state index contributed by atoms with van der Waals surface area (Å²) in [6.45, 7) is 3.71. The lowest BCUT2D eigenvalue weighted by atomic mass is 9.95. The third-order valence-electron chi connectivity index (χ3n) is 6.04. The molecule has 1 amide bonds. The lowest BCUT2D eigenvalue weighted by Crippen LogP contribution is -2.35. The SMILES string of the molecule is COc1ccc(CC(=O)NCC2Cc3cc(C)cc(-c4cc(C(C)=O)ccc4F)c3O2)cc1OC. The molecule has 7 heteroatoms. The first-order chi connectivity index (χ1) is 16.8. The van der Waals surface area contributed by atoms with E-state index >= 15 is 0 Å². The van der Waals surface area contributed by atoms with Crippen LogP contribution in [0, 0.1) is 12.7 Å². The molecule has 1 unspecified atom stereocenters. The van der Waals surface area contributed by atoms with Crippen molar-refractivity contribution in [3.8, 4) is 28.4 Å². The van der Waals surface area contributed by atoms with Gasteiger partial charge in [0.1, 0.15) is 17.7 Å². The molecule has 0 radical (unpaired) electrons. The molecule has 1 N–H and O–H groups in total. The summed E-state index contributed by atoms with van der Waals surface area (Å²) in [7, 11) is 3.11. The number of amides is 1. The van der Waals surface area contributed by atoms with E-state index in [1.807, 2.05) is 25.1 Å². The summed E-state index contributed by atoms with van der Waals surface area (Å²) in [6.07, 6.45) is 0.501. The van der Waals surface area contributed by atoms with Crippen LogP contribution < -0.4 is 19.5 Å². The molecule has 182 valence electrons. The highest BCUT2D eigenvalue weighted by Crippen LogP contribution is 2.41. The molecule has 1 atom stereocenters. The molecule has 3 aromatic carbocycles. The van der Waals surface area contributed by atoms with Crippen molar-refractivity contribution in [2.75, 3.05) is 20.8 Å². The van der Waals surface area contributed by atoms with Crippen molar-refractivity contribution in [1.82, 2.24) is 5.32 Å². The Morgan fingerprint density at radius 2 is 1.80 bits per heavy atom. The molecular weight excluding hydrogens is 449 g/mol. The molecule has 1 aliphatic rings. The van der Waals surface area contributed by atoms with Gasteiger partial charge < -0.3 is 19.5 Å². The van der Waals surface area contributed by atoms with Gasteiger partial charge in [-0.2, -0.15) is 0 Å². The fourth-order valence-electron chi connectivity index (χ4n) is 4.32. The first-order valence-electron chi connectivity index (χ1n) is 11.4. The maximum absolute atomic E-state index is 14.7. The van der Waals surface area contributed by atoms with E-state index in [4.69, 9.17) is 14.2 Å². The van der Waals surface area contributed by atoms with Gasteiger partial charge in [0, 0.05) is 23.1 Å². The predicted molar refractivity (Wildman–Crippen MR) is 131 cm³/mol. The summed E-state index contributed by atoms with van der Waals surface area (Å²) in [5.74, 6) is 1.06. The van der Waals surface area contributed by atoms with Crippen LogP contribution in [0.25, 0.3) is 11.1 Å². The molecule has 4 rings (SSSR count). The topological polar surface area (TPSA) is 73.9 Å². The summed E-state index contributed by atoms with van der Waals surface area (Å²) in [6, 6.07) is 13.6. The zero-order chi connectivity index (χ0) is 25.1. The summed E-state index contributed by atoms with van der Waals surface area (Å²) < 4.78 is 31.4. The standard InChI is InChI=1S/C28H28FNO5/c1-16-9-20-13-21(15-30-27(32)12-18-5-8-25(33-3)26(11-18)34-4)35-28(20)23(10-16)22-14-19(17(2)31)6-7-24(22)29/h5-11,14,21H,12-13,15H2,1-4H3,(H,30,32). The van der Waals surface area contributed by atoms with Gasteiger partial charge in [-0.25, -0.2) is 4.39 Å². The van der Waals surface area contributed by atoms with Crippen LogP contribution in [0.4, 0.5) is 4.39 Å². The minimum atomic E-state index is -0.418. The van der Waals surface area contributed by atoms with Crippen LogP contribution in [-0.2, 0) is 17.6 Å². The number of hydrogen-bond acceptors (Lipinski definition) is 5. The van der Waals surface area contributed by atoms with E-state index in [1.165, 1.54) is 19.1 Å². The number of Topliss-reactive ketones (excluding diaryl/α,β-unsaturated/α-hetero) is 1. The molecule has 1 aliphatic heterocycles. The second-order valence-corrected chi connectivity index (χ2v) is 8.67. The minimum absolute atomic E-state index is 0.133. The summed E-state index contributed by atoms with van der Waals surface area (Å²) in [5, 5.41) is 2.93. The average Bonchev–Trinajstić information content (AvgIpc) is 3.25. The van der Waals surface area contributed by atoms with Crippen molar-refractivity contribution in [3.05, 3.63) is 76.6 Å². The van der Waals surface area contributed by atoms with Crippen LogP contribution in [0.15, 0.2) is 48.5 Å². The zero-order valence-corrected chi connectivity index (χ0v) is 20.2. The Bertz CT molecular complexity index is 1290. The van der Waals surface area contributed by atoms with Crippen LogP contribution in [-0.4, -0.2) is 38.6 Å². The molecule has 0 spiro atoms. The van der Waals surface area contributed by atoms with Crippen molar-refractivity contribution in [3.63, 3.8) is 0 Å². The Hall–Kier alpha value is -3.87. The smallest absolute Gasteiger partial charge is 0.224 e. The quantitative estimate of drug-likeness (QED) is 0.477. The van der Waals surface area contributed by atoms with Gasteiger partial charge >= 0.3 is 0 Å². The molecule has 0 saturated carbocycles. The number of methoxy groups -OCH3 is 2. The lowest BCUT2D eigenvalue weighted by Gasteiger charge is -2.15. The number of fused-ring (bicyclic) bond motifs is 1. The monoisotopic (exact) mass is 477 g/mol. The highest BCUT2D eigenvalue weighted by molar-refractivity contribution is 5.95. The number of ether oxygens (including phenoxy) is 3. The maximum atomic E-state index is 14.7. The number of aryl methyl sites for hydroxylation is 1. The molecule has 0 bridgehead atoms. The average molecular weight is 478 g/mol. The van der Waals surface area contributed by atoms with E-state index in [0.29, 0.717) is 46.9 Å². The van der Waals surface area contributed by atoms with E-state index in [1.54, 1.807) is 32.4 Å².